The summed E-state index contributed by atoms with van der Waals surface area (Å²) in [6, 6.07) is 11.1. The van der Waals surface area contributed by atoms with Crippen molar-refractivity contribution in [3.05, 3.63) is 47.5 Å². The Morgan fingerprint density at radius 3 is 2.97 bits per heavy atom. The Hall–Kier alpha value is -3.43. The van der Waals surface area contributed by atoms with Crippen LogP contribution in [0.3, 0.4) is 0 Å². The highest BCUT2D eigenvalue weighted by Crippen LogP contribution is 2.37. The molecule has 0 bridgehead atoms. The van der Waals surface area contributed by atoms with Gasteiger partial charge >= 0.3 is 5.97 Å². The van der Waals surface area contributed by atoms with Gasteiger partial charge in [-0.05, 0) is 42.2 Å². The number of anilines is 1. The SMILES string of the molecule is Nc1cc(-c2nc(-c3cccc4c3CCC4NCCO)no2)ccc1OCC(=O)O. The van der Waals surface area contributed by atoms with Crippen LogP contribution in [0.15, 0.2) is 40.9 Å². The molecule has 0 saturated carbocycles. The van der Waals surface area contributed by atoms with Crippen molar-refractivity contribution < 1.29 is 24.3 Å². The van der Waals surface area contributed by atoms with Crippen molar-refractivity contribution in [2.24, 2.45) is 0 Å². The molecule has 1 aliphatic carbocycles. The quantitative estimate of drug-likeness (QED) is 0.410. The first-order valence-electron chi connectivity index (χ1n) is 9.61. The third-order valence-electron chi connectivity index (χ3n) is 5.05. The largest absolute Gasteiger partial charge is 0.480 e. The zero-order valence-corrected chi connectivity index (χ0v) is 16.2. The highest BCUT2D eigenvalue weighted by molar-refractivity contribution is 5.71. The number of carboxylic acids is 1. The second-order valence-electron chi connectivity index (χ2n) is 7.00. The van der Waals surface area contributed by atoms with Crippen molar-refractivity contribution in [3.63, 3.8) is 0 Å². The Kier molecular flexibility index (Phi) is 5.64. The Labute approximate surface area is 172 Å². The minimum absolute atomic E-state index is 0.100. The van der Waals surface area contributed by atoms with E-state index < -0.39 is 12.6 Å². The molecule has 4 rings (SSSR count). The summed E-state index contributed by atoms with van der Waals surface area (Å²) >= 11 is 0. The number of aliphatic hydroxyl groups excluding tert-OH is 1. The molecule has 0 aliphatic heterocycles. The molecule has 3 aromatic rings. The van der Waals surface area contributed by atoms with E-state index in [2.05, 4.69) is 21.5 Å². The summed E-state index contributed by atoms with van der Waals surface area (Å²) in [7, 11) is 0. The van der Waals surface area contributed by atoms with Gasteiger partial charge in [0.15, 0.2) is 6.61 Å². The molecule has 9 nitrogen and oxygen atoms in total. The molecule has 0 fully saturated rings. The second kappa shape index (κ2) is 8.52. The lowest BCUT2D eigenvalue weighted by Gasteiger charge is -2.13. The lowest BCUT2D eigenvalue weighted by molar-refractivity contribution is -0.139. The molecule has 1 aliphatic rings. The fourth-order valence-electron chi connectivity index (χ4n) is 3.72. The predicted octanol–water partition coefficient (Wildman–Crippen LogP) is 2.02. The third-order valence-corrected chi connectivity index (χ3v) is 5.05. The molecular weight excluding hydrogens is 388 g/mol. The average Bonchev–Trinajstić information content (AvgIpc) is 3.38. The molecule has 2 aromatic carbocycles. The Bertz CT molecular complexity index is 1070. The Morgan fingerprint density at radius 2 is 2.20 bits per heavy atom. The number of hydrogen-bond donors (Lipinski definition) is 4. The van der Waals surface area contributed by atoms with E-state index in [9.17, 15) is 4.79 Å². The fraction of sp³-hybridized carbons (Fsp3) is 0.286. The number of aliphatic carboxylic acids is 1. The molecule has 9 heteroatoms. The summed E-state index contributed by atoms with van der Waals surface area (Å²) in [5, 5.41) is 25.3. The van der Waals surface area contributed by atoms with Crippen LogP contribution in [0.25, 0.3) is 22.8 Å². The number of nitrogen functional groups attached to an aromatic ring is 1. The maximum absolute atomic E-state index is 10.6. The fourth-order valence-corrected chi connectivity index (χ4v) is 3.72. The second-order valence-corrected chi connectivity index (χ2v) is 7.00. The van der Waals surface area contributed by atoms with Crippen molar-refractivity contribution >= 4 is 11.7 Å². The van der Waals surface area contributed by atoms with Crippen molar-refractivity contribution in [1.29, 1.82) is 0 Å². The Morgan fingerprint density at radius 1 is 1.33 bits per heavy atom. The molecule has 1 atom stereocenters. The molecule has 30 heavy (non-hydrogen) atoms. The Balaban J connectivity index is 1.58. The van der Waals surface area contributed by atoms with Gasteiger partial charge < -0.3 is 30.5 Å². The number of fused-ring (bicyclic) bond motifs is 1. The van der Waals surface area contributed by atoms with Crippen LogP contribution in [0.5, 0.6) is 5.75 Å². The zero-order valence-electron chi connectivity index (χ0n) is 16.2. The molecule has 5 N–H and O–H groups in total. The van der Waals surface area contributed by atoms with Gasteiger partial charge in [-0.1, -0.05) is 23.4 Å². The van der Waals surface area contributed by atoms with Crippen molar-refractivity contribution in [2.45, 2.75) is 18.9 Å². The highest BCUT2D eigenvalue weighted by Gasteiger charge is 2.26. The van der Waals surface area contributed by atoms with Crippen LogP contribution in [0.4, 0.5) is 5.69 Å². The molecular formula is C21H22N4O5. The van der Waals surface area contributed by atoms with Gasteiger partial charge in [0.2, 0.25) is 5.82 Å². The van der Waals surface area contributed by atoms with Crippen LogP contribution < -0.4 is 15.8 Å². The van der Waals surface area contributed by atoms with Crippen molar-refractivity contribution in [3.8, 4) is 28.6 Å². The maximum atomic E-state index is 10.6. The number of rotatable bonds is 8. The molecule has 1 unspecified atom stereocenters. The van der Waals surface area contributed by atoms with E-state index in [1.807, 2.05) is 12.1 Å². The van der Waals surface area contributed by atoms with E-state index in [1.165, 1.54) is 11.1 Å². The minimum Gasteiger partial charge on any atom is -0.480 e. The average molecular weight is 410 g/mol. The normalized spacial score (nSPS) is 15.2. The smallest absolute Gasteiger partial charge is 0.341 e. The number of ether oxygens (including phenoxy) is 1. The van der Waals surface area contributed by atoms with E-state index in [0.717, 1.165) is 18.4 Å². The van der Waals surface area contributed by atoms with Gasteiger partial charge in [-0.2, -0.15) is 4.98 Å². The summed E-state index contributed by atoms with van der Waals surface area (Å²) in [4.78, 5) is 15.2. The standard InChI is InChI=1S/C21H22N4O5/c22-16-10-12(4-7-18(16)29-11-19(27)28)21-24-20(25-30-21)15-3-1-2-14-13(15)5-6-17(14)23-8-9-26/h1-4,7,10,17,23,26H,5-6,8-9,11,22H2,(H,27,28). The van der Waals surface area contributed by atoms with E-state index in [1.54, 1.807) is 18.2 Å². The molecule has 0 amide bonds. The van der Waals surface area contributed by atoms with E-state index in [-0.39, 0.29) is 24.1 Å². The van der Waals surface area contributed by atoms with Gasteiger partial charge in [0, 0.05) is 23.7 Å². The van der Waals surface area contributed by atoms with Gasteiger partial charge in [0.1, 0.15) is 5.75 Å². The third kappa shape index (κ3) is 3.98. The first-order chi connectivity index (χ1) is 14.6. The van der Waals surface area contributed by atoms with Gasteiger partial charge in [0.25, 0.3) is 5.89 Å². The van der Waals surface area contributed by atoms with Gasteiger partial charge in [-0.15, -0.1) is 0 Å². The van der Waals surface area contributed by atoms with Crippen LogP contribution in [0, 0.1) is 0 Å². The lowest BCUT2D eigenvalue weighted by atomic mass is 10.0. The highest BCUT2D eigenvalue weighted by atomic mass is 16.5. The van der Waals surface area contributed by atoms with Crippen LogP contribution in [-0.4, -0.2) is 46.1 Å². The van der Waals surface area contributed by atoms with Crippen LogP contribution in [0.2, 0.25) is 0 Å². The van der Waals surface area contributed by atoms with Gasteiger partial charge in [0.05, 0.1) is 12.3 Å². The number of carbonyl (C=O) groups is 1. The summed E-state index contributed by atoms with van der Waals surface area (Å²) in [5.74, 6) is 0.00822. The monoisotopic (exact) mass is 410 g/mol. The number of carboxylic acid groups (broad SMARTS) is 1. The predicted molar refractivity (Wildman–Crippen MR) is 109 cm³/mol. The van der Waals surface area contributed by atoms with Gasteiger partial charge in [-0.3, -0.25) is 0 Å². The van der Waals surface area contributed by atoms with Crippen LogP contribution in [-0.2, 0) is 11.2 Å². The molecule has 1 heterocycles. The number of nitrogens with one attached hydrogen (secondary N) is 1. The van der Waals surface area contributed by atoms with E-state index in [4.69, 9.17) is 25.2 Å². The minimum atomic E-state index is -1.08. The van der Waals surface area contributed by atoms with Gasteiger partial charge in [-0.25, -0.2) is 4.79 Å². The molecule has 0 radical (unpaired) electrons. The topological polar surface area (TPSA) is 144 Å². The van der Waals surface area contributed by atoms with Crippen molar-refractivity contribution in [2.75, 3.05) is 25.5 Å². The number of nitrogens with two attached hydrogens (primary N) is 1. The van der Waals surface area contributed by atoms with E-state index in [0.29, 0.717) is 23.8 Å². The molecule has 1 aromatic heterocycles. The number of aromatic nitrogens is 2. The molecule has 0 saturated heterocycles. The van der Waals surface area contributed by atoms with Crippen molar-refractivity contribution in [1.82, 2.24) is 15.5 Å². The number of nitrogens with zero attached hydrogens (tertiary/aromatic N) is 2. The zero-order chi connectivity index (χ0) is 21.1. The summed E-state index contributed by atoms with van der Waals surface area (Å²) in [6.45, 7) is 0.179. The first-order valence-corrected chi connectivity index (χ1v) is 9.61. The molecule has 0 spiro atoms. The van der Waals surface area contributed by atoms with Crippen LogP contribution >= 0.6 is 0 Å². The number of benzene rings is 2. The molecule has 156 valence electrons. The maximum Gasteiger partial charge on any atom is 0.341 e. The first kappa shape index (κ1) is 19.9. The van der Waals surface area contributed by atoms with Crippen LogP contribution in [0.1, 0.15) is 23.6 Å². The summed E-state index contributed by atoms with van der Waals surface area (Å²) in [6.07, 6.45) is 1.84. The lowest BCUT2D eigenvalue weighted by Crippen LogP contribution is -2.22. The number of hydrogen-bond acceptors (Lipinski definition) is 8. The number of aliphatic hydroxyl groups is 1. The summed E-state index contributed by atoms with van der Waals surface area (Å²) in [5.41, 5.74) is 10.1. The summed E-state index contributed by atoms with van der Waals surface area (Å²) < 4.78 is 10.6. The van der Waals surface area contributed by atoms with E-state index >= 15 is 0 Å².